The number of phenolic OH excluding ortho intramolecular Hbond substituents is 1. The number of amides is 4. The Hall–Kier alpha value is -5.21. The number of imide groups is 2. The third kappa shape index (κ3) is 4.57. The lowest BCUT2D eigenvalue weighted by Gasteiger charge is -2.50. The maximum atomic E-state index is 15.2. The molecule has 0 radical (unpaired) electrons. The maximum absolute atomic E-state index is 15.2. The van der Waals surface area contributed by atoms with E-state index in [1.54, 1.807) is 43.3 Å². The van der Waals surface area contributed by atoms with Crippen LogP contribution in [0.1, 0.15) is 41.0 Å². The molecule has 1 saturated carbocycles. The molecule has 49 heavy (non-hydrogen) atoms. The van der Waals surface area contributed by atoms with Crippen molar-refractivity contribution in [1.29, 1.82) is 0 Å². The minimum atomic E-state index is -1.36. The number of carbonyl (C=O) groups excluding carboxylic acids is 4. The van der Waals surface area contributed by atoms with Crippen molar-refractivity contribution in [1.82, 2.24) is 5.01 Å². The lowest BCUT2D eigenvalue weighted by atomic mass is 9.49. The number of nitrogens with one attached hydrogen (secondary N) is 1. The number of allylic oxidation sites excluding steroid dienone is 2. The molecule has 0 aromatic heterocycles. The van der Waals surface area contributed by atoms with Gasteiger partial charge in [0.25, 0.3) is 11.8 Å². The molecule has 246 valence electrons. The first-order valence-electron chi connectivity index (χ1n) is 16.5. The first-order valence-corrected chi connectivity index (χ1v) is 16.9. The minimum Gasteiger partial charge on any atom is -0.508 e. The van der Waals surface area contributed by atoms with Gasteiger partial charge in [-0.1, -0.05) is 83.4 Å². The summed E-state index contributed by atoms with van der Waals surface area (Å²) in [5, 5.41) is 12.2. The largest absolute Gasteiger partial charge is 0.508 e. The Kier molecular flexibility index (Phi) is 7.26. The van der Waals surface area contributed by atoms with Crippen molar-refractivity contribution in [3.63, 3.8) is 0 Å². The fourth-order valence-electron chi connectivity index (χ4n) is 8.83. The van der Waals surface area contributed by atoms with Gasteiger partial charge in [-0.15, -0.1) is 0 Å². The number of fused-ring (bicyclic) bond motifs is 4. The van der Waals surface area contributed by atoms with Crippen molar-refractivity contribution in [3.05, 3.63) is 136 Å². The summed E-state index contributed by atoms with van der Waals surface area (Å²) in [6.45, 7) is 3.76. The van der Waals surface area contributed by atoms with Gasteiger partial charge in [0, 0.05) is 10.9 Å². The van der Waals surface area contributed by atoms with Crippen LogP contribution in [0.3, 0.4) is 0 Å². The molecule has 0 unspecified atom stereocenters. The lowest BCUT2D eigenvalue weighted by molar-refractivity contribution is -0.138. The summed E-state index contributed by atoms with van der Waals surface area (Å²) < 4.78 is 0. The highest BCUT2D eigenvalue weighted by Crippen LogP contribution is 2.64. The zero-order valence-corrected chi connectivity index (χ0v) is 27.7. The average molecular weight is 672 g/mol. The second kappa shape index (κ2) is 11.4. The average Bonchev–Trinajstić information content (AvgIpc) is 3.48. The van der Waals surface area contributed by atoms with Gasteiger partial charge in [-0.25, -0.2) is 0 Å². The molecule has 4 aromatic carbocycles. The molecule has 2 aliphatic carbocycles. The quantitative estimate of drug-likeness (QED) is 0.178. The first-order chi connectivity index (χ1) is 23.6. The molecule has 0 bridgehead atoms. The Morgan fingerprint density at radius 3 is 2.22 bits per heavy atom. The van der Waals surface area contributed by atoms with E-state index in [9.17, 15) is 19.5 Å². The third-order valence-corrected chi connectivity index (χ3v) is 11.3. The number of carbonyl (C=O) groups is 4. The van der Waals surface area contributed by atoms with Gasteiger partial charge in [-0.05, 0) is 91.8 Å². The van der Waals surface area contributed by atoms with Crippen molar-refractivity contribution in [3.8, 4) is 5.75 Å². The first kappa shape index (κ1) is 31.1. The van der Waals surface area contributed by atoms with E-state index in [0.717, 1.165) is 21.7 Å². The van der Waals surface area contributed by atoms with Gasteiger partial charge in [-0.2, -0.15) is 5.01 Å². The maximum Gasteiger partial charge on any atom is 0.260 e. The monoisotopic (exact) mass is 671 g/mol. The molecule has 8 nitrogen and oxygen atoms in total. The van der Waals surface area contributed by atoms with Crippen LogP contribution in [-0.2, 0) is 24.6 Å². The van der Waals surface area contributed by atoms with Crippen molar-refractivity contribution >= 4 is 46.6 Å². The van der Waals surface area contributed by atoms with Crippen LogP contribution in [-0.4, -0.2) is 33.7 Å². The molecule has 3 fully saturated rings. The summed E-state index contributed by atoms with van der Waals surface area (Å²) in [6, 6.07) is 28.8. The number of anilines is 2. The minimum absolute atomic E-state index is 0.116. The molecular formula is C40H34ClN3O5. The van der Waals surface area contributed by atoms with Crippen LogP contribution >= 0.6 is 11.6 Å². The number of aryl methyl sites for hydroxylation is 2. The summed E-state index contributed by atoms with van der Waals surface area (Å²) >= 11 is 6.13. The standard InChI is InChI=1S/C40H34ClN3O5/c1-22-8-13-27(14-9-22)42-44-37(47)32-21-31-29(17-18-30-34(31)38(48)43(36(30)46)28-15-11-26(41)12-16-28)35(24-10-19-33(45)23(2)20-24)40(32,39(44)49)25-6-4-3-5-7-25/h3-17,19-20,30-32,34-35,42,45H,18,21H2,1-2H3/t30-,31+,32-,34-,35-,40+/m0/s1. The van der Waals surface area contributed by atoms with E-state index in [4.69, 9.17) is 11.6 Å². The number of hydrazine groups is 1. The highest BCUT2D eigenvalue weighted by molar-refractivity contribution is 6.31. The van der Waals surface area contributed by atoms with E-state index in [0.29, 0.717) is 33.9 Å². The molecule has 6 atom stereocenters. The lowest BCUT2D eigenvalue weighted by Crippen LogP contribution is -2.53. The Bertz CT molecular complexity index is 2060. The summed E-state index contributed by atoms with van der Waals surface area (Å²) in [5.41, 5.74) is 6.78. The molecule has 4 amide bonds. The summed E-state index contributed by atoms with van der Waals surface area (Å²) in [5.74, 6) is -4.55. The SMILES string of the molecule is Cc1ccc(NN2C(=O)[C@@H]3C[C@@H]4C(=CC[C@@H]5C(=O)N(c6ccc(Cl)cc6)C(=O)[C@@H]54)[C@H](c4ccc(O)c(C)c4)[C@]3(c3ccccc3)C2=O)cc1. The van der Waals surface area contributed by atoms with E-state index >= 15 is 4.79 Å². The van der Waals surface area contributed by atoms with Crippen LogP contribution in [0.4, 0.5) is 11.4 Å². The molecule has 4 aromatic rings. The van der Waals surface area contributed by atoms with Crippen LogP contribution in [0.5, 0.6) is 5.75 Å². The normalized spacial score (nSPS) is 27.5. The number of nitrogens with zero attached hydrogens (tertiary/aromatic N) is 2. The topological polar surface area (TPSA) is 107 Å². The molecular weight excluding hydrogens is 638 g/mol. The van der Waals surface area contributed by atoms with E-state index < -0.39 is 35.0 Å². The Morgan fingerprint density at radius 2 is 1.53 bits per heavy atom. The third-order valence-electron chi connectivity index (χ3n) is 11.0. The van der Waals surface area contributed by atoms with Gasteiger partial charge >= 0.3 is 0 Å². The smallest absolute Gasteiger partial charge is 0.260 e. The number of benzene rings is 4. The van der Waals surface area contributed by atoms with E-state index in [2.05, 4.69) is 5.43 Å². The van der Waals surface area contributed by atoms with Crippen LogP contribution in [0.2, 0.25) is 5.02 Å². The number of hydrogen-bond acceptors (Lipinski definition) is 6. The van der Waals surface area contributed by atoms with Gasteiger partial charge in [0.05, 0.1) is 34.5 Å². The van der Waals surface area contributed by atoms with Gasteiger partial charge in [0.2, 0.25) is 11.8 Å². The second-order valence-corrected chi connectivity index (χ2v) is 14.1. The van der Waals surface area contributed by atoms with Gasteiger partial charge in [-0.3, -0.25) is 29.5 Å². The molecule has 4 aliphatic rings. The Morgan fingerprint density at radius 1 is 0.816 bits per heavy atom. The summed E-state index contributed by atoms with van der Waals surface area (Å²) in [4.78, 5) is 59.5. The molecule has 2 aliphatic heterocycles. The van der Waals surface area contributed by atoms with Crippen molar-refractivity contribution in [2.75, 3.05) is 10.3 Å². The summed E-state index contributed by atoms with van der Waals surface area (Å²) in [6.07, 6.45) is 2.56. The van der Waals surface area contributed by atoms with Crippen molar-refractivity contribution in [2.45, 2.75) is 38.0 Å². The van der Waals surface area contributed by atoms with Crippen molar-refractivity contribution < 1.29 is 24.3 Å². The molecule has 0 spiro atoms. The van der Waals surface area contributed by atoms with Gasteiger partial charge in [0.1, 0.15) is 5.75 Å². The molecule has 2 N–H and O–H groups in total. The number of halogens is 1. The number of rotatable bonds is 5. The van der Waals surface area contributed by atoms with E-state index in [1.807, 2.05) is 73.7 Å². The second-order valence-electron chi connectivity index (χ2n) is 13.6. The Balaban J connectivity index is 1.32. The zero-order chi connectivity index (χ0) is 34.2. The van der Waals surface area contributed by atoms with E-state index in [1.165, 1.54) is 4.90 Å². The zero-order valence-electron chi connectivity index (χ0n) is 27.0. The fourth-order valence-corrected chi connectivity index (χ4v) is 8.95. The van der Waals surface area contributed by atoms with Gasteiger partial charge in [0.15, 0.2) is 0 Å². The predicted molar refractivity (Wildman–Crippen MR) is 186 cm³/mol. The summed E-state index contributed by atoms with van der Waals surface area (Å²) in [7, 11) is 0. The van der Waals surface area contributed by atoms with Crippen LogP contribution in [0.15, 0.2) is 109 Å². The molecule has 2 heterocycles. The molecule has 2 saturated heterocycles. The van der Waals surface area contributed by atoms with Crippen LogP contribution in [0.25, 0.3) is 0 Å². The highest BCUT2D eigenvalue weighted by atomic mass is 35.5. The fraction of sp³-hybridized carbons (Fsp3) is 0.250. The van der Waals surface area contributed by atoms with Crippen LogP contribution in [0, 0.1) is 37.5 Å². The molecule has 8 rings (SSSR count). The van der Waals surface area contributed by atoms with E-state index in [-0.39, 0.29) is 35.8 Å². The number of hydrogen-bond donors (Lipinski definition) is 2. The number of aromatic hydroxyl groups is 1. The highest BCUT2D eigenvalue weighted by Gasteiger charge is 2.70. The predicted octanol–water partition coefficient (Wildman–Crippen LogP) is 6.85. The van der Waals surface area contributed by atoms with Gasteiger partial charge < -0.3 is 5.11 Å². The molecule has 9 heteroatoms. The number of phenols is 1. The van der Waals surface area contributed by atoms with Crippen LogP contribution < -0.4 is 10.3 Å². The Labute approximate surface area is 289 Å². The van der Waals surface area contributed by atoms with Crippen molar-refractivity contribution in [2.24, 2.45) is 23.7 Å².